The van der Waals surface area contributed by atoms with Gasteiger partial charge in [-0.05, 0) is 205 Å². The Hall–Kier alpha value is -6.35. The molecule has 0 aliphatic heterocycles. The van der Waals surface area contributed by atoms with Crippen molar-refractivity contribution in [1.29, 1.82) is 0 Å². The predicted octanol–water partition coefficient (Wildman–Crippen LogP) is 23.6. The van der Waals surface area contributed by atoms with Crippen molar-refractivity contribution in [2.24, 2.45) is 0 Å². The van der Waals surface area contributed by atoms with Crippen LogP contribution in [0.5, 0.6) is 51.7 Å². The zero-order chi connectivity index (χ0) is 82.6. The third-order valence-electron chi connectivity index (χ3n) is 12.9. The molecule has 10 rings (SSSR count). The summed E-state index contributed by atoms with van der Waals surface area (Å²) in [5, 5.41) is 3.92. The van der Waals surface area contributed by atoms with E-state index in [9.17, 15) is 0 Å². The van der Waals surface area contributed by atoms with Crippen molar-refractivity contribution in [2.45, 2.75) is 87.6 Å². The Labute approximate surface area is 632 Å². The fourth-order valence-corrected chi connectivity index (χ4v) is 12.6. The van der Waals surface area contributed by atoms with E-state index in [4.69, 9.17) is 60.5 Å². The van der Waals surface area contributed by atoms with Crippen LogP contribution in [0.15, 0.2) is 234 Å². The van der Waals surface area contributed by atoms with Gasteiger partial charge in [-0.2, -0.15) is 0 Å². The maximum absolute atomic E-state index is 7.64. The van der Waals surface area contributed by atoms with E-state index in [1.165, 1.54) is 83.2 Å². The van der Waals surface area contributed by atoms with Crippen LogP contribution in [0.4, 0.5) is 0 Å². The number of pyridine rings is 1. The van der Waals surface area contributed by atoms with Crippen LogP contribution < -0.4 is 42.6 Å². The number of methoxy groups -OCH3 is 9. The summed E-state index contributed by atoms with van der Waals surface area (Å²) in [5.41, 5.74) is -4.11. The highest BCUT2D eigenvalue weighted by Gasteiger charge is 2.08. The molecule has 4 atom stereocenters. The molecule has 0 spiro atoms. The largest absolute Gasteiger partial charge is 0.497 e. The summed E-state index contributed by atoms with van der Waals surface area (Å²) in [5.74, 6) is 6.92. The Morgan fingerprint density at radius 2 is 0.784 bits per heavy atom. The molecule has 9 aromatic carbocycles. The lowest BCUT2D eigenvalue weighted by molar-refractivity contribution is 0.354. The first-order valence-electron chi connectivity index (χ1n) is 36.2. The standard InChI is InChI=1S/C13H14OS.C12H13NOS.C10H14O2S.4C9H12OS.C8H10OS/c1-3-15-13-9-5-6-10-11(13)7-4-8-12(10)14-2;1-3-15-12-5-4-11(14-2)9-6-7-13-8-10(9)12;1-4-13-8-5-6-9(11-2)10(7-8)12-3;2*1-7-4-5-8(10-2)6-9(7)11-3;2*1-3-11-9-6-4-5-8(7-9)10-2;1-9-7-4-3-5-8(6-7)10-2/h4-9H,3H2,1-2H3;4-8H,3H2,1-2H3;5-7H,4H2,1-3H3;2*4-6H,1-3H3;2*4-7H,3H2,1-2H3;3-6H,1-2H3/i3+1DH;3+1H2;4DH;3+1;3DH2;2*3DH;/t3-;;4-;;;2*3-;/m0.1..11./s1. The molecule has 0 N–H and O–H groups in total. The Morgan fingerprint density at radius 1 is 0.361 bits per heavy atom. The minimum atomic E-state index is -2.00. The number of thioether (sulfide) groups is 8. The summed E-state index contributed by atoms with van der Waals surface area (Å²) in [7, 11) is 14.5. The molecule has 18 heteroatoms. The molecular weight excluding hydrogens is 1370 g/mol. The lowest BCUT2D eigenvalue weighted by atomic mass is 10.1. The average molecular weight is 1470 g/mol. The van der Waals surface area contributed by atoms with Crippen molar-refractivity contribution in [3.8, 4) is 51.7 Å². The second-order valence-electron chi connectivity index (χ2n) is 18.9. The Morgan fingerprint density at radius 3 is 1.26 bits per heavy atom. The molecule has 0 saturated carbocycles. The molecule has 1 heterocycles. The summed E-state index contributed by atoms with van der Waals surface area (Å²) >= 11 is 10.3. The van der Waals surface area contributed by atoms with Gasteiger partial charge in [0.15, 0.2) is 11.5 Å². The van der Waals surface area contributed by atoms with Gasteiger partial charge in [0.05, 0.1) is 64.0 Å². The minimum absolute atomic E-state index is 0.617. The topological polar surface area (TPSA) is 96.0 Å². The van der Waals surface area contributed by atoms with E-state index in [-0.39, 0.29) is 0 Å². The Balaban J connectivity index is 0.000000328. The zero-order valence-electron chi connectivity index (χ0n) is 71.4. The molecule has 0 bridgehead atoms. The number of aryl methyl sites for hydroxylation is 2. The van der Waals surface area contributed by atoms with Crippen LogP contribution >= 0.6 is 94.1 Å². The SMILES string of the molecule is COc1ccc(C)c(S[13CH3])c1.COc1cccc(SC)c1.[1H]C([1H])([2H])Sc1cc(OC)ccc1C.[1H][13C@]([2H])(C)Sc1cccc2c(OC)cccc12.[1H][13C]([1H])(C)Sc1ccc(OC)c2ccncc12.[1H][C@@]([2H])(C)Sc1ccc(OC)c(OC)c1.[1H][C@@]([2H])(C)Sc1cccc(OC)c1.[1H][C@@]([2H])(C)Sc1cccc(OC)c1. The van der Waals surface area contributed by atoms with Crippen LogP contribution in [0.25, 0.3) is 21.5 Å². The molecule has 10 nitrogen and oxygen atoms in total. The molecule has 0 saturated heterocycles. The summed E-state index contributed by atoms with van der Waals surface area (Å²) in [6.45, 7) is 11.7. The van der Waals surface area contributed by atoms with Crippen molar-refractivity contribution in [3.63, 3.8) is 0 Å². The second-order valence-corrected chi connectivity index (χ2v) is 26.6. The minimum Gasteiger partial charge on any atom is -0.497 e. The number of fused-ring (bicyclic) bond motifs is 2. The Bertz CT molecular complexity index is 4260. The maximum Gasteiger partial charge on any atom is 0.161 e. The smallest absolute Gasteiger partial charge is 0.161 e. The number of rotatable bonds is 22. The van der Waals surface area contributed by atoms with Crippen molar-refractivity contribution in [3.05, 3.63) is 206 Å². The van der Waals surface area contributed by atoms with Crippen LogP contribution in [0.3, 0.4) is 0 Å². The highest BCUT2D eigenvalue weighted by Crippen LogP contribution is 2.36. The third-order valence-corrected chi connectivity index (χ3v) is 18.8. The maximum atomic E-state index is 7.64. The zero-order valence-corrected chi connectivity index (χ0v) is 64.9. The predicted molar refractivity (Wildman–Crippen MR) is 430 cm³/mol. The van der Waals surface area contributed by atoms with Gasteiger partial charge in [0.25, 0.3) is 0 Å². The summed E-state index contributed by atoms with van der Waals surface area (Å²) < 4.78 is 142. The van der Waals surface area contributed by atoms with Gasteiger partial charge in [-0.3, -0.25) is 4.98 Å². The fraction of sp³-hybridized carbons (Fsp3) is 0.304. The van der Waals surface area contributed by atoms with E-state index in [0.717, 1.165) is 115 Å². The number of hydrogen-bond acceptors (Lipinski definition) is 18. The van der Waals surface area contributed by atoms with Crippen molar-refractivity contribution < 1.29 is 60.5 Å². The first kappa shape index (κ1) is 65.3. The number of ether oxygens (including phenoxy) is 9. The van der Waals surface area contributed by atoms with Crippen LogP contribution in [0.2, 0.25) is 0 Å². The van der Waals surface area contributed by atoms with E-state index < -0.39 is 34.7 Å². The van der Waals surface area contributed by atoms with Gasteiger partial charge in [0.2, 0.25) is 0 Å². The summed E-state index contributed by atoms with van der Waals surface area (Å²) in [6, 6.07) is 57.0. The molecule has 0 amide bonds. The van der Waals surface area contributed by atoms with E-state index in [1.54, 1.807) is 132 Å². The number of benzene rings is 9. The molecule has 0 aliphatic rings. The van der Waals surface area contributed by atoms with Crippen molar-refractivity contribution in [2.75, 3.05) is 111 Å². The van der Waals surface area contributed by atoms with E-state index >= 15 is 0 Å². The van der Waals surface area contributed by atoms with Gasteiger partial charge in [-0.1, -0.05) is 89.2 Å². The quantitative estimate of drug-likeness (QED) is 0.0475. The van der Waals surface area contributed by atoms with Gasteiger partial charge < -0.3 is 42.6 Å². The van der Waals surface area contributed by atoms with Gasteiger partial charge in [-0.15, -0.1) is 94.1 Å². The first-order chi connectivity index (χ1) is 51.6. The fourth-order valence-electron chi connectivity index (χ4n) is 8.18. The van der Waals surface area contributed by atoms with E-state index in [0.29, 0.717) is 17.2 Å². The van der Waals surface area contributed by atoms with Crippen molar-refractivity contribution >= 4 is 116 Å². The number of aromatic nitrogens is 1. The highest BCUT2D eigenvalue weighted by atomic mass is 32.2. The first-order valence-corrected chi connectivity index (χ1v) is 37.0. The van der Waals surface area contributed by atoms with Crippen LogP contribution in [-0.2, 0) is 0 Å². The normalized spacial score (nSPS) is 14.8. The third kappa shape index (κ3) is 30.8. The summed E-state index contributed by atoms with van der Waals surface area (Å²) in [6.07, 6.45) is 5.57. The van der Waals surface area contributed by atoms with E-state index in [2.05, 4.69) is 42.6 Å². The Kier molecular flexibility index (Phi) is 34.3. The van der Waals surface area contributed by atoms with Crippen LogP contribution in [-0.4, -0.2) is 116 Å². The summed E-state index contributed by atoms with van der Waals surface area (Å²) in [4.78, 5) is 11.7. The molecule has 522 valence electrons. The second kappa shape index (κ2) is 50.9. The highest BCUT2D eigenvalue weighted by molar-refractivity contribution is 8.00. The number of nitrogens with zero attached hydrogens (tertiary/aromatic N) is 1. The molecule has 10 aromatic rings. The molecule has 0 fully saturated rings. The monoisotopic (exact) mass is 1470 g/mol. The van der Waals surface area contributed by atoms with Gasteiger partial charge in [0.1, 0.15) is 40.2 Å². The molecular formula is C79H99NO9S8. The molecule has 1 aromatic heterocycles. The van der Waals surface area contributed by atoms with Crippen LogP contribution in [0.1, 0.15) is 63.6 Å². The average Bonchev–Trinajstić information content (AvgIpc) is 0.804. The molecule has 0 radical (unpaired) electrons. The van der Waals surface area contributed by atoms with Gasteiger partial charge >= 0.3 is 0 Å². The lowest BCUT2D eigenvalue weighted by Crippen LogP contribution is -1.90. The lowest BCUT2D eigenvalue weighted by Gasteiger charge is -2.08. The molecule has 0 aliphatic carbocycles. The molecule has 97 heavy (non-hydrogen) atoms. The molecule has 0 unspecified atom stereocenters. The van der Waals surface area contributed by atoms with E-state index in [1.807, 2.05) is 153 Å². The van der Waals surface area contributed by atoms with Gasteiger partial charge in [0, 0.05) is 85.5 Å². The van der Waals surface area contributed by atoms with Crippen LogP contribution in [0, 0.1) is 13.8 Å². The van der Waals surface area contributed by atoms with Gasteiger partial charge in [-0.25, -0.2) is 0 Å². The number of hydrogen-bond donors (Lipinski definition) is 0. The van der Waals surface area contributed by atoms with Crippen molar-refractivity contribution in [1.82, 2.24) is 4.98 Å².